The molecule has 0 radical (unpaired) electrons. The number of halogens is 4. The van der Waals surface area contributed by atoms with Crippen LogP contribution in [0.5, 0.6) is 0 Å². The van der Waals surface area contributed by atoms with E-state index in [9.17, 15) is 21.6 Å². The van der Waals surface area contributed by atoms with Gasteiger partial charge in [0, 0.05) is 40.8 Å². The minimum atomic E-state index is -4.73. The zero-order valence-electron chi connectivity index (χ0n) is 16.5. The van der Waals surface area contributed by atoms with E-state index in [1.165, 1.54) is 24.3 Å². The summed E-state index contributed by atoms with van der Waals surface area (Å²) in [7, 11) is -3.72. The summed E-state index contributed by atoms with van der Waals surface area (Å²) >= 11 is 5.80. The molecule has 0 spiro atoms. The standard InChI is InChI=1S/C20H16ClF3N4O3S/c1-12-11-28(9-8-25-32(29,30)15-5-3-14(21)4-6-15)17-10-13(2-7-16(12)17)18-26-19(31-27-18)20(22,23)24/h2-7,10-11,25H,8-9H2,1H3. The summed E-state index contributed by atoms with van der Waals surface area (Å²) < 4.78 is 71.8. The summed E-state index contributed by atoms with van der Waals surface area (Å²) in [4.78, 5) is 3.51. The summed E-state index contributed by atoms with van der Waals surface area (Å²) in [5, 5.41) is 4.71. The van der Waals surface area contributed by atoms with E-state index in [-0.39, 0.29) is 17.3 Å². The molecule has 2 aromatic heterocycles. The van der Waals surface area contributed by atoms with E-state index in [2.05, 4.69) is 19.4 Å². The minimum absolute atomic E-state index is 0.0929. The van der Waals surface area contributed by atoms with Gasteiger partial charge >= 0.3 is 12.1 Å². The number of fused-ring (bicyclic) bond motifs is 1. The van der Waals surface area contributed by atoms with Gasteiger partial charge in [-0.15, -0.1) is 0 Å². The Bertz CT molecular complexity index is 1380. The molecule has 2 aromatic carbocycles. The molecule has 0 unspecified atom stereocenters. The summed E-state index contributed by atoms with van der Waals surface area (Å²) in [6, 6.07) is 10.8. The Morgan fingerprint density at radius 3 is 2.53 bits per heavy atom. The fourth-order valence-electron chi connectivity index (χ4n) is 3.25. The molecule has 4 rings (SSSR count). The van der Waals surface area contributed by atoms with Crippen molar-refractivity contribution in [3.05, 3.63) is 65.1 Å². The summed E-state index contributed by atoms with van der Waals surface area (Å²) in [6.07, 6.45) is -2.89. The van der Waals surface area contributed by atoms with Gasteiger partial charge in [-0.3, -0.25) is 0 Å². The van der Waals surface area contributed by atoms with Crippen LogP contribution in [0.15, 0.2) is 58.1 Å². The average Bonchev–Trinajstić information content (AvgIpc) is 3.34. The van der Waals surface area contributed by atoms with Crippen LogP contribution in [0.4, 0.5) is 13.2 Å². The number of hydrogen-bond donors (Lipinski definition) is 1. The van der Waals surface area contributed by atoms with Crippen molar-refractivity contribution in [1.29, 1.82) is 0 Å². The third-order valence-corrected chi connectivity index (χ3v) is 6.51. The van der Waals surface area contributed by atoms with Crippen molar-refractivity contribution in [3.8, 4) is 11.4 Å². The smallest absolute Gasteiger partial charge is 0.346 e. The molecule has 12 heteroatoms. The second-order valence-corrected chi connectivity index (χ2v) is 9.21. The van der Waals surface area contributed by atoms with Crippen LogP contribution in [0.2, 0.25) is 5.02 Å². The summed E-state index contributed by atoms with van der Waals surface area (Å²) in [6.45, 7) is 2.27. The molecule has 32 heavy (non-hydrogen) atoms. The van der Waals surface area contributed by atoms with Crippen molar-refractivity contribution < 1.29 is 26.1 Å². The van der Waals surface area contributed by atoms with Crippen LogP contribution in [-0.4, -0.2) is 29.7 Å². The Hall–Kier alpha value is -2.89. The first-order valence-electron chi connectivity index (χ1n) is 9.30. The highest BCUT2D eigenvalue weighted by Gasteiger charge is 2.38. The lowest BCUT2D eigenvalue weighted by atomic mass is 10.1. The van der Waals surface area contributed by atoms with Crippen molar-refractivity contribution >= 4 is 32.5 Å². The molecule has 168 valence electrons. The molecule has 7 nitrogen and oxygen atoms in total. The Morgan fingerprint density at radius 1 is 1.16 bits per heavy atom. The molecule has 0 aliphatic rings. The lowest BCUT2D eigenvalue weighted by Gasteiger charge is -2.09. The molecule has 0 saturated heterocycles. The van der Waals surface area contributed by atoms with E-state index in [1.807, 2.05) is 17.7 Å². The number of nitrogens with zero attached hydrogens (tertiary/aromatic N) is 3. The highest BCUT2D eigenvalue weighted by molar-refractivity contribution is 7.89. The Kier molecular flexibility index (Phi) is 5.74. The first-order chi connectivity index (χ1) is 15.0. The third-order valence-electron chi connectivity index (χ3n) is 4.78. The predicted molar refractivity (Wildman–Crippen MR) is 112 cm³/mol. The van der Waals surface area contributed by atoms with Gasteiger partial charge in [-0.05, 0) is 42.8 Å². The van der Waals surface area contributed by atoms with Crippen molar-refractivity contribution in [2.24, 2.45) is 0 Å². The molecule has 2 heterocycles. The summed E-state index contributed by atoms with van der Waals surface area (Å²) in [5.74, 6) is -1.61. The lowest BCUT2D eigenvalue weighted by molar-refractivity contribution is -0.159. The highest BCUT2D eigenvalue weighted by atomic mass is 35.5. The van der Waals surface area contributed by atoms with E-state index in [0.717, 1.165) is 10.9 Å². The molecule has 1 N–H and O–H groups in total. The van der Waals surface area contributed by atoms with Gasteiger partial charge in [-0.25, -0.2) is 13.1 Å². The van der Waals surface area contributed by atoms with E-state index in [4.69, 9.17) is 11.6 Å². The quantitative estimate of drug-likeness (QED) is 0.430. The van der Waals surface area contributed by atoms with Crippen LogP contribution < -0.4 is 4.72 Å². The molecule has 0 aliphatic heterocycles. The topological polar surface area (TPSA) is 90.0 Å². The van der Waals surface area contributed by atoms with Crippen molar-refractivity contribution in [2.75, 3.05) is 6.54 Å². The Balaban J connectivity index is 1.56. The zero-order chi connectivity index (χ0) is 23.1. The number of sulfonamides is 1. The Morgan fingerprint density at radius 2 is 1.88 bits per heavy atom. The maximum atomic E-state index is 12.8. The molecule has 4 aromatic rings. The van der Waals surface area contributed by atoms with Crippen LogP contribution in [0.3, 0.4) is 0 Å². The molecule has 0 fully saturated rings. The normalized spacial score (nSPS) is 12.5. The van der Waals surface area contributed by atoms with Crippen LogP contribution in [0, 0.1) is 6.92 Å². The molecule has 0 saturated carbocycles. The highest BCUT2D eigenvalue weighted by Crippen LogP contribution is 2.31. The van der Waals surface area contributed by atoms with Crippen LogP contribution in [0.25, 0.3) is 22.3 Å². The molecule has 0 atom stereocenters. The minimum Gasteiger partial charge on any atom is -0.346 e. The molecule has 0 bridgehead atoms. The monoisotopic (exact) mass is 484 g/mol. The number of aryl methyl sites for hydroxylation is 1. The van der Waals surface area contributed by atoms with Gasteiger partial charge in [-0.2, -0.15) is 18.2 Å². The van der Waals surface area contributed by atoms with Crippen molar-refractivity contribution in [1.82, 2.24) is 19.4 Å². The van der Waals surface area contributed by atoms with Gasteiger partial charge in [0.05, 0.1) is 4.90 Å². The van der Waals surface area contributed by atoms with Gasteiger partial charge in [0.15, 0.2) is 0 Å². The lowest BCUT2D eigenvalue weighted by Crippen LogP contribution is -2.27. The maximum Gasteiger partial charge on any atom is 0.471 e. The van der Waals surface area contributed by atoms with E-state index < -0.39 is 22.1 Å². The fraction of sp³-hybridized carbons (Fsp3) is 0.200. The van der Waals surface area contributed by atoms with Gasteiger partial charge in [0.25, 0.3) is 0 Å². The second-order valence-electron chi connectivity index (χ2n) is 7.01. The first kappa shape index (κ1) is 22.3. The Labute approximate surface area is 185 Å². The van der Waals surface area contributed by atoms with Gasteiger partial charge in [0.2, 0.25) is 15.8 Å². The molecular weight excluding hydrogens is 469 g/mol. The number of benzene rings is 2. The fourth-order valence-corrected chi connectivity index (χ4v) is 4.40. The SMILES string of the molecule is Cc1cn(CCNS(=O)(=O)c2ccc(Cl)cc2)c2cc(-c3noc(C(F)(F)F)n3)ccc12. The second kappa shape index (κ2) is 8.23. The van der Waals surface area contributed by atoms with Crippen LogP contribution in [0.1, 0.15) is 11.5 Å². The maximum absolute atomic E-state index is 12.8. The van der Waals surface area contributed by atoms with Crippen LogP contribution in [-0.2, 0) is 22.7 Å². The number of rotatable bonds is 6. The predicted octanol–water partition coefficient (Wildman–Crippen LogP) is 4.65. The van der Waals surface area contributed by atoms with Gasteiger partial charge < -0.3 is 9.09 Å². The molecule has 0 aliphatic carbocycles. The van der Waals surface area contributed by atoms with Crippen molar-refractivity contribution in [2.45, 2.75) is 24.5 Å². The largest absolute Gasteiger partial charge is 0.471 e. The van der Waals surface area contributed by atoms with Gasteiger partial charge in [-0.1, -0.05) is 28.9 Å². The van der Waals surface area contributed by atoms with Crippen LogP contribution >= 0.6 is 11.6 Å². The third kappa shape index (κ3) is 4.50. The zero-order valence-corrected chi connectivity index (χ0v) is 18.1. The van der Waals surface area contributed by atoms with E-state index >= 15 is 0 Å². The average molecular weight is 485 g/mol. The summed E-state index contributed by atoms with van der Waals surface area (Å²) in [5.41, 5.74) is 1.97. The van der Waals surface area contributed by atoms with E-state index in [1.54, 1.807) is 18.2 Å². The number of nitrogens with one attached hydrogen (secondary N) is 1. The van der Waals surface area contributed by atoms with Gasteiger partial charge in [0.1, 0.15) is 0 Å². The number of hydrogen-bond acceptors (Lipinski definition) is 5. The van der Waals surface area contributed by atoms with E-state index in [0.29, 0.717) is 22.6 Å². The number of aromatic nitrogens is 3. The van der Waals surface area contributed by atoms with Crippen molar-refractivity contribution in [3.63, 3.8) is 0 Å². The first-order valence-corrected chi connectivity index (χ1v) is 11.2. The molecule has 0 amide bonds. The molecular formula is C20H16ClF3N4O3S. The number of alkyl halides is 3.